The molecule has 0 aliphatic heterocycles. The number of Topliss-reactive ketones (excluding diaryl/α,β-unsaturated/α-hetero) is 1. The Kier molecular flexibility index (Phi) is 2.86. The molecular formula is C15H17BrO. The van der Waals surface area contributed by atoms with Crippen LogP contribution in [0.15, 0.2) is 24.3 Å². The van der Waals surface area contributed by atoms with Gasteiger partial charge >= 0.3 is 0 Å². The van der Waals surface area contributed by atoms with Crippen LogP contribution < -0.4 is 0 Å². The third-order valence-electron chi connectivity index (χ3n) is 4.55. The van der Waals surface area contributed by atoms with E-state index in [9.17, 15) is 4.79 Å². The molecule has 0 heterocycles. The lowest BCUT2D eigenvalue weighted by molar-refractivity contribution is 0.0759. The van der Waals surface area contributed by atoms with Crippen molar-refractivity contribution >= 4 is 21.7 Å². The Labute approximate surface area is 111 Å². The van der Waals surface area contributed by atoms with E-state index < -0.39 is 0 Å². The first-order valence-corrected chi connectivity index (χ1v) is 7.56. The van der Waals surface area contributed by atoms with Gasteiger partial charge in [-0.15, -0.1) is 0 Å². The Hall–Kier alpha value is -0.630. The second-order valence-corrected chi connectivity index (χ2v) is 6.18. The van der Waals surface area contributed by atoms with Crippen molar-refractivity contribution in [2.45, 2.75) is 32.1 Å². The maximum Gasteiger partial charge on any atom is 0.169 e. The zero-order valence-electron chi connectivity index (χ0n) is 9.92. The van der Waals surface area contributed by atoms with Crippen LogP contribution in [0.3, 0.4) is 0 Å². The van der Waals surface area contributed by atoms with E-state index >= 15 is 0 Å². The largest absolute Gasteiger partial charge is 0.294 e. The first kappa shape index (κ1) is 11.5. The molecule has 0 radical (unpaired) electrons. The van der Waals surface area contributed by atoms with Gasteiger partial charge in [-0.1, -0.05) is 40.2 Å². The van der Waals surface area contributed by atoms with Gasteiger partial charge in [-0.2, -0.15) is 0 Å². The fourth-order valence-electron chi connectivity index (χ4n) is 3.54. The number of carbonyl (C=O) groups is 1. The maximum atomic E-state index is 12.7. The first-order chi connectivity index (χ1) is 8.25. The van der Waals surface area contributed by atoms with Crippen molar-refractivity contribution < 1.29 is 4.79 Å². The van der Waals surface area contributed by atoms with Gasteiger partial charge in [-0.05, 0) is 43.6 Å². The molecule has 2 aliphatic rings. The summed E-state index contributed by atoms with van der Waals surface area (Å²) in [7, 11) is 0. The maximum absolute atomic E-state index is 12.7. The van der Waals surface area contributed by atoms with Crippen molar-refractivity contribution in [1.82, 2.24) is 0 Å². The molecule has 0 N–H and O–H groups in total. The number of hydrogen-bond donors (Lipinski definition) is 0. The van der Waals surface area contributed by atoms with Crippen LogP contribution in [0, 0.1) is 11.3 Å². The van der Waals surface area contributed by atoms with E-state index in [2.05, 4.69) is 22.0 Å². The van der Waals surface area contributed by atoms with E-state index in [-0.39, 0.29) is 5.41 Å². The summed E-state index contributed by atoms with van der Waals surface area (Å²) in [6, 6.07) is 8.16. The number of alkyl halides is 1. The zero-order valence-corrected chi connectivity index (χ0v) is 11.5. The minimum Gasteiger partial charge on any atom is -0.294 e. The van der Waals surface area contributed by atoms with Crippen LogP contribution in [0.2, 0.25) is 0 Å². The van der Waals surface area contributed by atoms with Crippen LogP contribution in [-0.2, 0) is 6.42 Å². The van der Waals surface area contributed by atoms with E-state index in [0.29, 0.717) is 11.7 Å². The Morgan fingerprint density at radius 3 is 2.88 bits per heavy atom. The molecule has 2 heteroatoms. The molecule has 0 bridgehead atoms. The van der Waals surface area contributed by atoms with Crippen LogP contribution in [0.1, 0.15) is 41.6 Å². The molecule has 1 aromatic carbocycles. The molecule has 0 saturated heterocycles. The molecule has 1 nitrogen and oxygen atoms in total. The monoisotopic (exact) mass is 292 g/mol. The lowest BCUT2D eigenvalue weighted by Gasteiger charge is -2.33. The molecule has 1 saturated carbocycles. The molecule has 0 aromatic heterocycles. The quantitative estimate of drug-likeness (QED) is 0.715. The van der Waals surface area contributed by atoms with E-state index in [1.54, 1.807) is 0 Å². The molecule has 17 heavy (non-hydrogen) atoms. The molecule has 0 amide bonds. The molecule has 1 spiro atoms. The minimum absolute atomic E-state index is 0.0210. The molecule has 1 aromatic rings. The highest BCUT2D eigenvalue weighted by Crippen LogP contribution is 2.50. The third kappa shape index (κ3) is 1.77. The lowest BCUT2D eigenvalue weighted by atomic mass is 9.69. The second-order valence-electron chi connectivity index (χ2n) is 5.53. The molecule has 1 fully saturated rings. The molecule has 2 unspecified atom stereocenters. The Bertz CT molecular complexity index is 454. The van der Waals surface area contributed by atoms with Crippen LogP contribution in [0.4, 0.5) is 0 Å². The van der Waals surface area contributed by atoms with Gasteiger partial charge in [0.05, 0.1) is 0 Å². The topological polar surface area (TPSA) is 17.1 Å². The standard InChI is InChI=1S/C15H17BrO/c16-10-11-5-7-15(9-11)8-6-12-3-1-2-4-13(12)14(15)17/h1-4,11H,5-10H2. The predicted molar refractivity (Wildman–Crippen MR) is 72.7 cm³/mol. The number of rotatable bonds is 1. The number of ketones is 1. The summed E-state index contributed by atoms with van der Waals surface area (Å²) >= 11 is 3.57. The summed E-state index contributed by atoms with van der Waals surface area (Å²) < 4.78 is 0. The fourth-order valence-corrected chi connectivity index (χ4v) is 4.09. The fraction of sp³-hybridized carbons (Fsp3) is 0.533. The van der Waals surface area contributed by atoms with Crippen molar-refractivity contribution in [2.24, 2.45) is 11.3 Å². The molecule has 90 valence electrons. The van der Waals surface area contributed by atoms with Crippen molar-refractivity contribution in [3.8, 4) is 0 Å². The van der Waals surface area contributed by atoms with E-state index in [4.69, 9.17) is 0 Å². The van der Waals surface area contributed by atoms with Crippen LogP contribution in [0.5, 0.6) is 0 Å². The number of carbonyl (C=O) groups excluding carboxylic acids is 1. The number of hydrogen-bond acceptors (Lipinski definition) is 1. The molecule has 2 atom stereocenters. The van der Waals surface area contributed by atoms with Gasteiger partial charge in [-0.25, -0.2) is 0 Å². The highest BCUT2D eigenvalue weighted by molar-refractivity contribution is 9.09. The normalized spacial score (nSPS) is 31.8. The summed E-state index contributed by atoms with van der Waals surface area (Å²) in [5.41, 5.74) is 2.23. The van der Waals surface area contributed by atoms with Gasteiger partial charge < -0.3 is 0 Å². The average molecular weight is 293 g/mol. The van der Waals surface area contributed by atoms with Gasteiger partial charge in [0.2, 0.25) is 0 Å². The van der Waals surface area contributed by atoms with Crippen LogP contribution in [0.25, 0.3) is 0 Å². The lowest BCUT2D eigenvalue weighted by Crippen LogP contribution is -2.34. The minimum atomic E-state index is -0.0210. The van der Waals surface area contributed by atoms with Crippen LogP contribution >= 0.6 is 15.9 Å². The van der Waals surface area contributed by atoms with Crippen molar-refractivity contribution in [1.29, 1.82) is 0 Å². The SMILES string of the molecule is O=C1c2ccccc2CCC12CCC(CBr)C2. The predicted octanol–water partition coefficient (Wildman–Crippen LogP) is 4.00. The number of halogens is 1. The van der Waals surface area contributed by atoms with Crippen molar-refractivity contribution in [2.75, 3.05) is 5.33 Å². The van der Waals surface area contributed by atoms with Crippen LogP contribution in [-0.4, -0.2) is 11.1 Å². The summed E-state index contributed by atoms with van der Waals surface area (Å²) in [5.74, 6) is 1.12. The average Bonchev–Trinajstić information content (AvgIpc) is 2.79. The Morgan fingerprint density at radius 1 is 1.29 bits per heavy atom. The van der Waals surface area contributed by atoms with Gasteiger partial charge in [0.1, 0.15) is 0 Å². The number of benzene rings is 1. The van der Waals surface area contributed by atoms with E-state index in [0.717, 1.165) is 36.6 Å². The Morgan fingerprint density at radius 2 is 2.12 bits per heavy atom. The van der Waals surface area contributed by atoms with Crippen molar-refractivity contribution in [3.63, 3.8) is 0 Å². The molecular weight excluding hydrogens is 276 g/mol. The summed E-state index contributed by atoms with van der Waals surface area (Å²) in [6.07, 6.45) is 5.53. The van der Waals surface area contributed by atoms with Gasteiger partial charge in [0.25, 0.3) is 0 Å². The third-order valence-corrected chi connectivity index (χ3v) is 5.46. The van der Waals surface area contributed by atoms with E-state index in [1.807, 2.05) is 18.2 Å². The Balaban J connectivity index is 1.95. The van der Waals surface area contributed by atoms with Crippen molar-refractivity contribution in [3.05, 3.63) is 35.4 Å². The van der Waals surface area contributed by atoms with Gasteiger partial charge in [0, 0.05) is 16.3 Å². The highest BCUT2D eigenvalue weighted by atomic mass is 79.9. The summed E-state index contributed by atoms with van der Waals surface area (Å²) in [5, 5.41) is 1.05. The molecule has 3 rings (SSSR count). The summed E-state index contributed by atoms with van der Waals surface area (Å²) in [4.78, 5) is 12.7. The number of fused-ring (bicyclic) bond motifs is 1. The first-order valence-electron chi connectivity index (χ1n) is 6.44. The molecule has 2 aliphatic carbocycles. The highest BCUT2D eigenvalue weighted by Gasteiger charge is 2.46. The van der Waals surface area contributed by atoms with Gasteiger partial charge in [-0.3, -0.25) is 4.79 Å². The zero-order chi connectivity index (χ0) is 11.9. The summed E-state index contributed by atoms with van der Waals surface area (Å²) in [6.45, 7) is 0. The smallest absolute Gasteiger partial charge is 0.169 e. The van der Waals surface area contributed by atoms with E-state index in [1.165, 1.54) is 12.0 Å². The second kappa shape index (κ2) is 4.24. The number of aryl methyl sites for hydroxylation is 1. The van der Waals surface area contributed by atoms with Gasteiger partial charge in [0.15, 0.2) is 5.78 Å².